The molecule has 2 atom stereocenters. The van der Waals surface area contributed by atoms with Gasteiger partial charge in [-0.15, -0.1) is 0 Å². The Morgan fingerprint density at radius 1 is 1.44 bits per heavy atom. The summed E-state index contributed by atoms with van der Waals surface area (Å²) in [5, 5.41) is 0. The highest BCUT2D eigenvalue weighted by Crippen LogP contribution is 2.46. The van der Waals surface area contributed by atoms with Gasteiger partial charge in [0.2, 0.25) is 0 Å². The minimum absolute atomic E-state index is 0.278. The Kier molecular flexibility index (Phi) is 3.58. The van der Waals surface area contributed by atoms with E-state index in [1.54, 1.807) is 0 Å². The van der Waals surface area contributed by atoms with E-state index in [1.165, 1.54) is 24.8 Å². The minimum atomic E-state index is 0.278. The highest BCUT2D eigenvalue weighted by atomic mass is 79.9. The third-order valence-electron chi connectivity index (χ3n) is 3.52. The molecule has 0 aliphatic heterocycles. The molecule has 2 heteroatoms. The van der Waals surface area contributed by atoms with Crippen LogP contribution in [-0.4, -0.2) is 11.4 Å². The Hall–Kier alpha value is -0.500. The molecular weight excluding hydrogens is 264 g/mol. The van der Waals surface area contributed by atoms with Crippen molar-refractivity contribution in [3.05, 3.63) is 29.8 Å². The number of hydrogen-bond donors (Lipinski definition) is 0. The average Bonchev–Trinajstić information content (AvgIpc) is 2.61. The van der Waals surface area contributed by atoms with Gasteiger partial charge < -0.3 is 4.74 Å². The smallest absolute Gasteiger partial charge is 0.123 e. The number of benzene rings is 1. The summed E-state index contributed by atoms with van der Waals surface area (Å²) in [6, 6.07) is 8.48. The molecule has 1 fully saturated rings. The van der Waals surface area contributed by atoms with Gasteiger partial charge in [0.05, 0.1) is 6.61 Å². The second-order valence-corrected chi connectivity index (χ2v) is 6.12. The van der Waals surface area contributed by atoms with Crippen LogP contribution < -0.4 is 4.74 Å². The van der Waals surface area contributed by atoms with Gasteiger partial charge in [-0.3, -0.25) is 0 Å². The topological polar surface area (TPSA) is 9.23 Å². The zero-order chi connectivity index (χ0) is 11.6. The fourth-order valence-electron chi connectivity index (χ4n) is 2.66. The molecule has 0 spiro atoms. The molecule has 2 rings (SSSR count). The summed E-state index contributed by atoms with van der Waals surface area (Å²) in [5.74, 6) is 1.06. The molecule has 1 aromatic carbocycles. The van der Waals surface area contributed by atoms with Gasteiger partial charge in [0, 0.05) is 10.4 Å². The molecule has 16 heavy (non-hydrogen) atoms. The number of alkyl halides is 1. The van der Waals surface area contributed by atoms with Crippen LogP contribution in [0, 0.1) is 0 Å². The first-order chi connectivity index (χ1) is 7.65. The zero-order valence-corrected chi connectivity index (χ0v) is 11.6. The van der Waals surface area contributed by atoms with E-state index in [0.717, 1.165) is 12.4 Å². The van der Waals surface area contributed by atoms with Gasteiger partial charge in [0.25, 0.3) is 0 Å². The normalized spacial score (nSPS) is 29.3. The lowest BCUT2D eigenvalue weighted by molar-refractivity contribution is 0.325. The van der Waals surface area contributed by atoms with Crippen LogP contribution in [0.3, 0.4) is 0 Å². The molecule has 0 radical (unpaired) electrons. The fraction of sp³-hybridized carbons (Fsp3) is 0.571. The lowest BCUT2D eigenvalue weighted by Gasteiger charge is -2.26. The van der Waals surface area contributed by atoms with Crippen molar-refractivity contribution >= 4 is 15.9 Å². The predicted molar refractivity (Wildman–Crippen MR) is 71.5 cm³/mol. The average molecular weight is 283 g/mol. The Labute approximate surface area is 106 Å². The maximum atomic E-state index is 5.73. The van der Waals surface area contributed by atoms with Crippen LogP contribution in [0.5, 0.6) is 5.75 Å². The van der Waals surface area contributed by atoms with Crippen molar-refractivity contribution in [1.29, 1.82) is 0 Å². The molecule has 0 N–H and O–H groups in total. The first kappa shape index (κ1) is 12.0. The molecule has 0 heterocycles. The number of para-hydroxylation sites is 1. The summed E-state index contributed by atoms with van der Waals surface area (Å²) in [6.45, 7) is 5.14. The standard InChI is InChI=1S/C14H19BrO/c1-3-16-13-7-5-4-6-12(13)14(2)9-8-11(15)10-14/h4-7,11H,3,8-10H2,1-2H3. The zero-order valence-electron chi connectivity index (χ0n) is 10.0. The molecule has 0 aromatic heterocycles. The lowest BCUT2D eigenvalue weighted by Crippen LogP contribution is -2.19. The van der Waals surface area contributed by atoms with Crippen molar-refractivity contribution in [3.8, 4) is 5.75 Å². The number of halogens is 1. The van der Waals surface area contributed by atoms with E-state index in [-0.39, 0.29) is 5.41 Å². The van der Waals surface area contributed by atoms with E-state index in [4.69, 9.17) is 4.74 Å². The van der Waals surface area contributed by atoms with E-state index in [9.17, 15) is 0 Å². The fourth-order valence-corrected chi connectivity index (χ4v) is 3.60. The van der Waals surface area contributed by atoms with E-state index < -0.39 is 0 Å². The third kappa shape index (κ3) is 2.27. The van der Waals surface area contributed by atoms with E-state index >= 15 is 0 Å². The molecule has 0 bridgehead atoms. The van der Waals surface area contributed by atoms with Crippen LogP contribution in [-0.2, 0) is 5.41 Å². The van der Waals surface area contributed by atoms with E-state index in [0.29, 0.717) is 4.83 Å². The van der Waals surface area contributed by atoms with Crippen molar-refractivity contribution in [2.75, 3.05) is 6.61 Å². The predicted octanol–water partition coefficient (Wildman–Crippen LogP) is 4.29. The van der Waals surface area contributed by atoms with Gasteiger partial charge in [0.15, 0.2) is 0 Å². The summed E-state index contributed by atoms with van der Waals surface area (Å²) in [6.07, 6.45) is 3.71. The van der Waals surface area contributed by atoms with Crippen LogP contribution in [0.15, 0.2) is 24.3 Å². The summed E-state index contributed by atoms with van der Waals surface area (Å²) in [4.78, 5) is 0.659. The van der Waals surface area contributed by atoms with Crippen molar-refractivity contribution in [3.63, 3.8) is 0 Å². The SMILES string of the molecule is CCOc1ccccc1C1(C)CCC(Br)C1. The Balaban J connectivity index is 2.32. The highest BCUT2D eigenvalue weighted by molar-refractivity contribution is 9.09. The van der Waals surface area contributed by atoms with Gasteiger partial charge in [-0.05, 0) is 37.7 Å². The van der Waals surface area contributed by atoms with Crippen LogP contribution in [0.4, 0.5) is 0 Å². The quantitative estimate of drug-likeness (QED) is 0.752. The second kappa shape index (κ2) is 4.79. The summed E-state index contributed by atoms with van der Waals surface area (Å²) in [7, 11) is 0. The van der Waals surface area contributed by atoms with Crippen LogP contribution >= 0.6 is 15.9 Å². The van der Waals surface area contributed by atoms with Crippen molar-refractivity contribution in [1.82, 2.24) is 0 Å². The first-order valence-corrected chi connectivity index (χ1v) is 6.93. The minimum Gasteiger partial charge on any atom is -0.494 e. The number of rotatable bonds is 3. The molecule has 1 saturated carbocycles. The molecule has 0 amide bonds. The van der Waals surface area contributed by atoms with Crippen LogP contribution in [0.2, 0.25) is 0 Å². The number of hydrogen-bond acceptors (Lipinski definition) is 1. The molecular formula is C14H19BrO. The van der Waals surface area contributed by atoms with Gasteiger partial charge in [-0.2, -0.15) is 0 Å². The van der Waals surface area contributed by atoms with E-state index in [1.807, 2.05) is 6.92 Å². The molecule has 1 nitrogen and oxygen atoms in total. The molecule has 2 unspecified atom stereocenters. The van der Waals surface area contributed by atoms with Crippen LogP contribution in [0.25, 0.3) is 0 Å². The van der Waals surface area contributed by atoms with Crippen molar-refractivity contribution in [2.45, 2.75) is 43.4 Å². The summed E-state index contributed by atoms with van der Waals surface area (Å²) < 4.78 is 5.73. The van der Waals surface area contributed by atoms with Gasteiger partial charge in [-0.25, -0.2) is 0 Å². The lowest BCUT2D eigenvalue weighted by atomic mass is 9.80. The van der Waals surface area contributed by atoms with Gasteiger partial charge >= 0.3 is 0 Å². The second-order valence-electron chi connectivity index (χ2n) is 4.83. The van der Waals surface area contributed by atoms with Crippen LogP contribution in [0.1, 0.15) is 38.7 Å². The van der Waals surface area contributed by atoms with Gasteiger partial charge in [-0.1, -0.05) is 41.1 Å². The highest BCUT2D eigenvalue weighted by Gasteiger charge is 2.37. The maximum Gasteiger partial charge on any atom is 0.123 e. The van der Waals surface area contributed by atoms with Crippen molar-refractivity contribution < 1.29 is 4.74 Å². The molecule has 0 saturated heterocycles. The monoisotopic (exact) mass is 282 g/mol. The molecule has 1 aliphatic rings. The summed E-state index contributed by atoms with van der Waals surface area (Å²) >= 11 is 3.73. The molecule has 88 valence electrons. The number of ether oxygens (including phenoxy) is 1. The van der Waals surface area contributed by atoms with E-state index in [2.05, 4.69) is 47.1 Å². The maximum absolute atomic E-state index is 5.73. The van der Waals surface area contributed by atoms with Crippen molar-refractivity contribution in [2.24, 2.45) is 0 Å². The third-order valence-corrected chi connectivity index (χ3v) is 4.30. The Bertz CT molecular complexity index is 364. The largest absolute Gasteiger partial charge is 0.494 e. The Morgan fingerprint density at radius 2 is 2.19 bits per heavy atom. The van der Waals surface area contributed by atoms with Gasteiger partial charge in [0.1, 0.15) is 5.75 Å². The summed E-state index contributed by atoms with van der Waals surface area (Å²) in [5.41, 5.74) is 1.65. The Morgan fingerprint density at radius 3 is 2.81 bits per heavy atom. The molecule has 1 aliphatic carbocycles. The first-order valence-electron chi connectivity index (χ1n) is 6.02. The molecule has 1 aromatic rings.